The average molecular weight is 364 g/mol. The predicted octanol–water partition coefficient (Wildman–Crippen LogP) is 3.38. The van der Waals surface area contributed by atoms with E-state index in [-0.39, 0.29) is 0 Å². The monoisotopic (exact) mass is 364 g/mol. The Morgan fingerprint density at radius 2 is 2.04 bits per heavy atom. The molecule has 0 unspecified atom stereocenters. The number of nitrogens with one attached hydrogen (secondary N) is 1. The number of aromatic nitrogens is 4. The molecule has 0 aliphatic carbocycles. The van der Waals surface area contributed by atoms with Crippen LogP contribution in [0.3, 0.4) is 0 Å². The molecule has 0 aromatic carbocycles. The second-order valence-corrected chi connectivity index (χ2v) is 7.49. The molecule has 0 saturated carbocycles. The fourth-order valence-corrected chi connectivity index (χ4v) is 3.76. The molecule has 3 aromatic rings. The van der Waals surface area contributed by atoms with E-state index in [2.05, 4.69) is 48.1 Å². The summed E-state index contributed by atoms with van der Waals surface area (Å²) >= 11 is 0. The molecule has 1 N–H and O–H groups in total. The van der Waals surface area contributed by atoms with Gasteiger partial charge >= 0.3 is 0 Å². The second kappa shape index (κ2) is 7.64. The van der Waals surface area contributed by atoms with Gasteiger partial charge in [0.05, 0.1) is 5.69 Å². The van der Waals surface area contributed by atoms with Crippen LogP contribution in [0.5, 0.6) is 0 Å². The lowest BCUT2D eigenvalue weighted by Gasteiger charge is -2.32. The largest absolute Gasteiger partial charge is 0.367 e. The standard InChI is InChI=1S/C21H28N6/c1-4-18-12-20(27-21(24-18)15(2)16(3)25-27)23-19-7-10-26(11-8-19)14-17-6-5-9-22-13-17/h5-6,9,12-13,19,23H,4,7-8,10-11,14H2,1-3H3. The summed E-state index contributed by atoms with van der Waals surface area (Å²) in [4.78, 5) is 11.5. The Labute approximate surface area is 160 Å². The molecule has 6 nitrogen and oxygen atoms in total. The van der Waals surface area contributed by atoms with E-state index in [1.807, 2.05) is 23.0 Å². The van der Waals surface area contributed by atoms with Crippen molar-refractivity contribution in [2.45, 2.75) is 52.6 Å². The van der Waals surface area contributed by atoms with Crippen LogP contribution in [0.1, 0.15) is 42.3 Å². The first kappa shape index (κ1) is 17.9. The van der Waals surface area contributed by atoms with E-state index in [1.54, 1.807) is 0 Å². The zero-order chi connectivity index (χ0) is 18.8. The lowest BCUT2D eigenvalue weighted by molar-refractivity contribution is 0.211. The maximum absolute atomic E-state index is 4.77. The summed E-state index contributed by atoms with van der Waals surface area (Å²) < 4.78 is 1.98. The molecule has 6 heteroatoms. The van der Waals surface area contributed by atoms with Crippen LogP contribution in [0.25, 0.3) is 5.65 Å². The van der Waals surface area contributed by atoms with Gasteiger partial charge in [-0.1, -0.05) is 13.0 Å². The van der Waals surface area contributed by atoms with Crippen molar-refractivity contribution in [2.24, 2.45) is 0 Å². The first-order valence-electron chi connectivity index (χ1n) is 9.87. The van der Waals surface area contributed by atoms with Crippen LogP contribution >= 0.6 is 0 Å². The Bertz CT molecular complexity index is 909. The molecule has 1 saturated heterocycles. The molecule has 4 heterocycles. The Morgan fingerprint density at radius 1 is 1.22 bits per heavy atom. The number of pyridine rings is 1. The van der Waals surface area contributed by atoms with Crippen LogP contribution in [0, 0.1) is 13.8 Å². The summed E-state index contributed by atoms with van der Waals surface area (Å²) in [5, 5.41) is 8.44. The van der Waals surface area contributed by atoms with E-state index in [0.29, 0.717) is 6.04 Å². The summed E-state index contributed by atoms with van der Waals surface area (Å²) in [7, 11) is 0. The molecule has 0 amide bonds. The maximum Gasteiger partial charge on any atom is 0.160 e. The van der Waals surface area contributed by atoms with Gasteiger partial charge in [-0.3, -0.25) is 9.88 Å². The van der Waals surface area contributed by atoms with Crippen molar-refractivity contribution >= 4 is 11.5 Å². The molecule has 0 spiro atoms. The number of rotatable bonds is 5. The molecule has 1 fully saturated rings. The van der Waals surface area contributed by atoms with Gasteiger partial charge in [-0.2, -0.15) is 9.61 Å². The number of piperidine rings is 1. The SMILES string of the molecule is CCc1cc(NC2CCN(Cc3cccnc3)CC2)n2nc(C)c(C)c2n1. The van der Waals surface area contributed by atoms with Gasteiger partial charge in [0.15, 0.2) is 5.65 Å². The topological polar surface area (TPSA) is 58.4 Å². The van der Waals surface area contributed by atoms with Crippen LogP contribution in [0.4, 0.5) is 5.82 Å². The van der Waals surface area contributed by atoms with E-state index in [1.165, 1.54) is 11.1 Å². The molecule has 4 rings (SSSR count). The normalized spacial score (nSPS) is 16.1. The number of hydrogen-bond acceptors (Lipinski definition) is 5. The lowest BCUT2D eigenvalue weighted by Crippen LogP contribution is -2.39. The van der Waals surface area contributed by atoms with E-state index in [0.717, 1.165) is 61.7 Å². The lowest BCUT2D eigenvalue weighted by atomic mass is 10.0. The molecular formula is C21H28N6. The van der Waals surface area contributed by atoms with E-state index in [4.69, 9.17) is 10.1 Å². The highest BCUT2D eigenvalue weighted by atomic mass is 15.3. The maximum atomic E-state index is 4.77. The molecule has 1 aliphatic heterocycles. The van der Waals surface area contributed by atoms with Crippen molar-refractivity contribution in [1.82, 2.24) is 24.5 Å². The van der Waals surface area contributed by atoms with Gasteiger partial charge < -0.3 is 5.32 Å². The minimum Gasteiger partial charge on any atom is -0.367 e. The number of hydrogen-bond donors (Lipinski definition) is 1. The molecule has 0 radical (unpaired) electrons. The van der Waals surface area contributed by atoms with Gasteiger partial charge in [0.25, 0.3) is 0 Å². The number of aryl methyl sites for hydroxylation is 3. The fourth-order valence-electron chi connectivity index (χ4n) is 3.76. The van der Waals surface area contributed by atoms with Crippen molar-refractivity contribution in [1.29, 1.82) is 0 Å². The Kier molecular flexibility index (Phi) is 5.07. The zero-order valence-corrected chi connectivity index (χ0v) is 16.4. The molecule has 0 bridgehead atoms. The van der Waals surface area contributed by atoms with Crippen LogP contribution < -0.4 is 5.32 Å². The van der Waals surface area contributed by atoms with Gasteiger partial charge in [-0.05, 0) is 44.7 Å². The first-order chi connectivity index (χ1) is 13.1. The molecule has 3 aromatic heterocycles. The molecule has 1 aliphatic rings. The van der Waals surface area contributed by atoms with Crippen molar-refractivity contribution < 1.29 is 0 Å². The number of anilines is 1. The summed E-state index contributed by atoms with van der Waals surface area (Å²) in [6.07, 6.45) is 6.99. The minimum atomic E-state index is 0.468. The highest BCUT2D eigenvalue weighted by Gasteiger charge is 2.21. The van der Waals surface area contributed by atoms with Crippen molar-refractivity contribution in [3.05, 3.63) is 53.1 Å². The van der Waals surface area contributed by atoms with E-state index < -0.39 is 0 Å². The van der Waals surface area contributed by atoms with Crippen LogP contribution in [-0.4, -0.2) is 43.6 Å². The van der Waals surface area contributed by atoms with Gasteiger partial charge in [0.1, 0.15) is 5.82 Å². The zero-order valence-electron chi connectivity index (χ0n) is 16.4. The Morgan fingerprint density at radius 3 is 2.74 bits per heavy atom. The van der Waals surface area contributed by atoms with Gasteiger partial charge in [0, 0.05) is 55.4 Å². The van der Waals surface area contributed by atoms with Crippen LogP contribution in [0.15, 0.2) is 30.6 Å². The fraction of sp³-hybridized carbons (Fsp3) is 0.476. The third-order valence-electron chi connectivity index (χ3n) is 5.54. The number of fused-ring (bicyclic) bond motifs is 1. The van der Waals surface area contributed by atoms with Gasteiger partial charge in [0.2, 0.25) is 0 Å². The molecule has 27 heavy (non-hydrogen) atoms. The summed E-state index contributed by atoms with van der Waals surface area (Å²) in [6.45, 7) is 9.48. The summed E-state index contributed by atoms with van der Waals surface area (Å²) in [5.74, 6) is 1.07. The highest BCUT2D eigenvalue weighted by molar-refractivity contribution is 5.56. The average Bonchev–Trinajstić information content (AvgIpc) is 2.99. The van der Waals surface area contributed by atoms with Crippen molar-refractivity contribution in [3.8, 4) is 0 Å². The highest BCUT2D eigenvalue weighted by Crippen LogP contribution is 2.22. The smallest absolute Gasteiger partial charge is 0.160 e. The Balaban J connectivity index is 1.45. The summed E-state index contributed by atoms with van der Waals surface area (Å²) in [6, 6.07) is 6.79. The molecule has 0 atom stereocenters. The number of nitrogens with zero attached hydrogens (tertiary/aromatic N) is 5. The third-order valence-corrected chi connectivity index (χ3v) is 5.54. The minimum absolute atomic E-state index is 0.468. The van der Waals surface area contributed by atoms with Gasteiger partial charge in [-0.15, -0.1) is 0 Å². The molecular weight excluding hydrogens is 336 g/mol. The summed E-state index contributed by atoms with van der Waals surface area (Å²) in [5.41, 5.74) is 5.59. The van der Waals surface area contributed by atoms with Crippen LogP contribution in [-0.2, 0) is 13.0 Å². The van der Waals surface area contributed by atoms with Gasteiger partial charge in [-0.25, -0.2) is 4.98 Å². The van der Waals surface area contributed by atoms with Crippen LogP contribution in [0.2, 0.25) is 0 Å². The second-order valence-electron chi connectivity index (χ2n) is 7.49. The van der Waals surface area contributed by atoms with Crippen molar-refractivity contribution in [3.63, 3.8) is 0 Å². The predicted molar refractivity (Wildman–Crippen MR) is 108 cm³/mol. The first-order valence-corrected chi connectivity index (χ1v) is 9.87. The number of likely N-dealkylation sites (tertiary alicyclic amines) is 1. The quantitative estimate of drug-likeness (QED) is 0.752. The van der Waals surface area contributed by atoms with Crippen molar-refractivity contribution in [2.75, 3.05) is 18.4 Å². The third kappa shape index (κ3) is 3.81. The van der Waals surface area contributed by atoms with E-state index in [9.17, 15) is 0 Å². The molecule has 142 valence electrons. The van der Waals surface area contributed by atoms with E-state index >= 15 is 0 Å². The Hall–Kier alpha value is -2.47.